The highest BCUT2D eigenvalue weighted by molar-refractivity contribution is 6.16. The van der Waals surface area contributed by atoms with Crippen LogP contribution in [0, 0.1) is 11.8 Å². The van der Waals surface area contributed by atoms with Crippen LogP contribution in [0.5, 0.6) is 0 Å². The van der Waals surface area contributed by atoms with Gasteiger partial charge >= 0.3 is 0 Å². The maximum atomic E-state index is 13.1. The lowest BCUT2D eigenvalue weighted by Crippen LogP contribution is -2.19. The van der Waals surface area contributed by atoms with E-state index in [-0.39, 0.29) is 28.1 Å². The molecule has 0 aromatic rings. The minimum Gasteiger partial charge on any atom is -0.294 e. The second-order valence-corrected chi connectivity index (χ2v) is 8.74. The molecule has 0 N–H and O–H groups in total. The fourth-order valence-electron chi connectivity index (χ4n) is 3.23. The molecule has 2 nitrogen and oxygen atoms in total. The Hall–Kier alpha value is -3.52. The van der Waals surface area contributed by atoms with Crippen LogP contribution < -0.4 is 0 Å². The maximum absolute atomic E-state index is 13.1. The third-order valence-corrected chi connectivity index (χ3v) is 5.86. The van der Waals surface area contributed by atoms with E-state index in [1.54, 1.807) is 19.1 Å². The molecule has 0 unspecified atom stereocenters. The number of allylic oxidation sites excluding steroid dienone is 14. The molecule has 35 heavy (non-hydrogen) atoms. The van der Waals surface area contributed by atoms with E-state index in [9.17, 15) is 9.59 Å². The van der Waals surface area contributed by atoms with E-state index in [2.05, 4.69) is 72.6 Å². The lowest BCUT2D eigenvalue weighted by atomic mass is 9.83. The van der Waals surface area contributed by atoms with Gasteiger partial charge in [-0.25, -0.2) is 0 Å². The molecule has 0 bridgehead atoms. The van der Waals surface area contributed by atoms with Gasteiger partial charge in [-0.2, -0.15) is 0 Å². The largest absolute Gasteiger partial charge is 0.294 e. The molecule has 0 rings (SSSR count). The molecule has 2 heteroatoms. The Balaban J connectivity index is 5.16. The molecule has 0 saturated heterocycles. The van der Waals surface area contributed by atoms with Crippen molar-refractivity contribution in [2.24, 2.45) is 11.8 Å². The first kappa shape index (κ1) is 31.5. The first-order valence-electron chi connectivity index (χ1n) is 11.9. The lowest BCUT2D eigenvalue weighted by molar-refractivity contribution is -0.117. The second-order valence-electron chi connectivity index (χ2n) is 8.74. The Bertz CT molecular complexity index is 1030. The van der Waals surface area contributed by atoms with Gasteiger partial charge in [-0.3, -0.25) is 9.59 Å². The zero-order valence-corrected chi connectivity index (χ0v) is 22.2. The van der Waals surface area contributed by atoms with Crippen LogP contribution in [0.25, 0.3) is 0 Å². The quantitative estimate of drug-likeness (QED) is 0.157. The highest BCUT2D eigenvalue weighted by Crippen LogP contribution is 2.28. The summed E-state index contributed by atoms with van der Waals surface area (Å²) in [7, 11) is 0. The van der Waals surface area contributed by atoms with Crippen molar-refractivity contribution in [2.75, 3.05) is 0 Å². The van der Waals surface area contributed by atoms with E-state index >= 15 is 0 Å². The molecule has 0 aliphatic carbocycles. The van der Waals surface area contributed by atoms with Crippen LogP contribution in [0.15, 0.2) is 134 Å². The van der Waals surface area contributed by atoms with Crippen molar-refractivity contribution in [1.29, 1.82) is 0 Å². The van der Waals surface area contributed by atoms with E-state index in [0.29, 0.717) is 29.1 Å². The van der Waals surface area contributed by atoms with Gasteiger partial charge < -0.3 is 0 Å². The SMILES string of the molecule is C=C(/C=C/C)C(=C)C(=C)C(=O)C(=C)C(=C)C(=C)C(=O)[C@@H](C)C(=C)C(=C)C/C=C/C=C/[C@@H](C)CCC. The number of hydrogen-bond donors (Lipinski definition) is 0. The third kappa shape index (κ3) is 9.70. The normalized spacial score (nSPS) is 12.9. The van der Waals surface area contributed by atoms with Gasteiger partial charge in [0.05, 0.1) is 0 Å². The number of rotatable bonds is 17. The average molecular weight is 471 g/mol. The topological polar surface area (TPSA) is 34.1 Å². The molecule has 0 fully saturated rings. The summed E-state index contributed by atoms with van der Waals surface area (Å²) >= 11 is 0. The number of carbonyl (C=O) groups is 2. The Kier molecular flexibility index (Phi) is 13.8. The highest BCUT2D eigenvalue weighted by atomic mass is 16.1. The summed E-state index contributed by atoms with van der Waals surface area (Å²) in [6.07, 6.45) is 14.6. The van der Waals surface area contributed by atoms with Crippen molar-refractivity contribution in [3.63, 3.8) is 0 Å². The molecule has 0 amide bonds. The fourth-order valence-corrected chi connectivity index (χ4v) is 3.23. The monoisotopic (exact) mass is 470 g/mol. The predicted molar refractivity (Wildman–Crippen MR) is 154 cm³/mol. The first-order valence-corrected chi connectivity index (χ1v) is 11.9. The molecule has 0 aliphatic heterocycles. The maximum Gasteiger partial charge on any atom is 0.193 e. The standard InChI is InChI=1S/C33H42O2/c1-13-18-22(3)20-16-15-17-21-24(5)26(7)29(10)33(35)31(12)27(8)30(11)32(34)28(9)25(6)23(4)19-14-2/h14-17,19-20,22,29H,4-9,11-13,18,21H2,1-3,10H3/b17-15+,19-14+,20-16+/t22-,29-/m0/s1. The summed E-state index contributed by atoms with van der Waals surface area (Å²) in [5.41, 5.74) is 2.83. The Labute approximate surface area is 213 Å². The summed E-state index contributed by atoms with van der Waals surface area (Å²) in [4.78, 5) is 25.9. The zero-order chi connectivity index (χ0) is 27.3. The molecule has 0 heterocycles. The smallest absolute Gasteiger partial charge is 0.193 e. The molecular weight excluding hydrogens is 428 g/mol. The van der Waals surface area contributed by atoms with Crippen molar-refractivity contribution >= 4 is 11.6 Å². The van der Waals surface area contributed by atoms with Crippen LogP contribution in [-0.2, 0) is 9.59 Å². The van der Waals surface area contributed by atoms with Crippen molar-refractivity contribution in [2.45, 2.75) is 47.0 Å². The summed E-state index contributed by atoms with van der Waals surface area (Å²) in [5, 5.41) is 0. The minimum atomic E-state index is -0.559. The molecule has 0 saturated carbocycles. The van der Waals surface area contributed by atoms with Crippen molar-refractivity contribution in [1.82, 2.24) is 0 Å². The van der Waals surface area contributed by atoms with Crippen LogP contribution in [-0.4, -0.2) is 11.6 Å². The predicted octanol–water partition coefficient (Wildman–Crippen LogP) is 8.73. The van der Waals surface area contributed by atoms with Crippen LogP contribution in [0.2, 0.25) is 0 Å². The van der Waals surface area contributed by atoms with Crippen LogP contribution >= 0.6 is 0 Å². The average Bonchev–Trinajstić information content (AvgIpc) is 2.84. The van der Waals surface area contributed by atoms with E-state index in [4.69, 9.17) is 0 Å². The summed E-state index contributed by atoms with van der Waals surface area (Å²) in [6.45, 7) is 39.2. The van der Waals surface area contributed by atoms with Crippen LogP contribution in [0.3, 0.4) is 0 Å². The van der Waals surface area contributed by atoms with Crippen LogP contribution in [0.4, 0.5) is 0 Å². The zero-order valence-electron chi connectivity index (χ0n) is 22.2. The van der Waals surface area contributed by atoms with E-state index in [1.165, 1.54) is 0 Å². The number of carbonyl (C=O) groups excluding carboxylic acids is 2. The fraction of sp³-hybridized carbons (Fsp3) is 0.273. The van der Waals surface area contributed by atoms with Crippen molar-refractivity contribution in [3.8, 4) is 0 Å². The molecule has 0 aliphatic rings. The van der Waals surface area contributed by atoms with Gasteiger partial charge in [0, 0.05) is 22.6 Å². The molecule has 0 aromatic heterocycles. The minimum absolute atomic E-state index is 0.0476. The molecule has 0 radical (unpaired) electrons. The van der Waals surface area contributed by atoms with Gasteiger partial charge in [0.15, 0.2) is 11.6 Å². The molecule has 2 atom stereocenters. The number of Topliss-reactive ketones (excluding diaryl/α,β-unsaturated/α-hetero) is 2. The van der Waals surface area contributed by atoms with Gasteiger partial charge in [0.1, 0.15) is 0 Å². The second kappa shape index (κ2) is 15.4. The van der Waals surface area contributed by atoms with E-state index < -0.39 is 11.7 Å². The Morgan fingerprint density at radius 3 is 1.91 bits per heavy atom. The Morgan fingerprint density at radius 1 is 0.800 bits per heavy atom. The molecule has 0 aromatic carbocycles. The number of hydrogen-bond acceptors (Lipinski definition) is 2. The van der Waals surface area contributed by atoms with Gasteiger partial charge in [-0.1, -0.05) is 116 Å². The van der Waals surface area contributed by atoms with Gasteiger partial charge in [0.25, 0.3) is 0 Å². The van der Waals surface area contributed by atoms with Crippen molar-refractivity contribution < 1.29 is 9.59 Å². The van der Waals surface area contributed by atoms with Gasteiger partial charge in [-0.05, 0) is 53.5 Å². The lowest BCUT2D eigenvalue weighted by Gasteiger charge is -2.19. The summed E-state index contributed by atoms with van der Waals surface area (Å²) in [6, 6.07) is 0. The van der Waals surface area contributed by atoms with E-state index in [0.717, 1.165) is 18.4 Å². The first-order chi connectivity index (χ1) is 16.3. The van der Waals surface area contributed by atoms with Gasteiger partial charge in [0.2, 0.25) is 0 Å². The van der Waals surface area contributed by atoms with E-state index in [1.807, 2.05) is 25.2 Å². The Morgan fingerprint density at radius 2 is 1.37 bits per heavy atom. The summed E-state index contributed by atoms with van der Waals surface area (Å²) in [5.74, 6) is -0.753. The molecular formula is C33H42O2. The summed E-state index contributed by atoms with van der Waals surface area (Å²) < 4.78 is 0. The third-order valence-electron chi connectivity index (χ3n) is 5.86. The molecule has 0 spiro atoms. The molecule has 186 valence electrons. The van der Waals surface area contributed by atoms with Crippen molar-refractivity contribution in [3.05, 3.63) is 134 Å². The van der Waals surface area contributed by atoms with Crippen LogP contribution in [0.1, 0.15) is 47.0 Å². The van der Waals surface area contributed by atoms with Gasteiger partial charge in [-0.15, -0.1) is 0 Å². The number of ketones is 2. The highest BCUT2D eigenvalue weighted by Gasteiger charge is 2.25.